The summed E-state index contributed by atoms with van der Waals surface area (Å²) in [5.41, 5.74) is 9.32. The Morgan fingerprint density at radius 2 is 2.16 bits per heavy atom. The standard InChI is InChI=1S/C15H24N4/c1-11(2)14(9-16)17-7-6-12-4-5-15-13(8-12)18-10-19(15)3/h4-5,8,10-11,14,17H,6-7,9,16H2,1-3H3. The van der Waals surface area contributed by atoms with Crippen LogP contribution in [-0.4, -0.2) is 28.7 Å². The molecule has 19 heavy (non-hydrogen) atoms. The van der Waals surface area contributed by atoms with E-state index < -0.39 is 0 Å². The van der Waals surface area contributed by atoms with Crippen molar-refractivity contribution in [2.45, 2.75) is 26.3 Å². The molecule has 0 bridgehead atoms. The van der Waals surface area contributed by atoms with E-state index in [0.29, 0.717) is 18.5 Å². The molecule has 0 radical (unpaired) electrons. The third kappa shape index (κ3) is 3.33. The SMILES string of the molecule is CC(C)C(CN)NCCc1ccc2c(c1)ncn2C. The molecule has 0 aliphatic carbocycles. The van der Waals surface area contributed by atoms with Crippen LogP contribution in [0.25, 0.3) is 11.0 Å². The number of nitrogens with zero attached hydrogens (tertiary/aromatic N) is 2. The Balaban J connectivity index is 1.94. The summed E-state index contributed by atoms with van der Waals surface area (Å²) in [6.07, 6.45) is 2.87. The van der Waals surface area contributed by atoms with Crippen LogP contribution in [0.5, 0.6) is 0 Å². The van der Waals surface area contributed by atoms with Crippen LogP contribution in [0.3, 0.4) is 0 Å². The van der Waals surface area contributed by atoms with Crippen molar-refractivity contribution in [1.29, 1.82) is 0 Å². The fraction of sp³-hybridized carbons (Fsp3) is 0.533. The molecule has 0 aliphatic heterocycles. The molecule has 104 valence electrons. The maximum Gasteiger partial charge on any atom is 0.0955 e. The van der Waals surface area contributed by atoms with E-state index in [0.717, 1.165) is 18.5 Å². The molecule has 1 aromatic heterocycles. The van der Waals surface area contributed by atoms with Crippen LogP contribution < -0.4 is 11.1 Å². The van der Waals surface area contributed by atoms with Gasteiger partial charge in [-0.2, -0.15) is 0 Å². The maximum absolute atomic E-state index is 5.76. The van der Waals surface area contributed by atoms with E-state index in [1.807, 2.05) is 17.9 Å². The molecule has 0 saturated heterocycles. The number of aromatic nitrogens is 2. The predicted octanol–water partition coefficient (Wildman–Crippen LogP) is 1.69. The molecule has 0 spiro atoms. The maximum atomic E-state index is 5.76. The zero-order chi connectivity index (χ0) is 13.8. The number of fused-ring (bicyclic) bond motifs is 1. The number of benzene rings is 1. The van der Waals surface area contributed by atoms with Crippen LogP contribution in [0, 0.1) is 5.92 Å². The summed E-state index contributed by atoms with van der Waals surface area (Å²) in [5, 5.41) is 3.52. The van der Waals surface area contributed by atoms with Gasteiger partial charge in [0.2, 0.25) is 0 Å². The van der Waals surface area contributed by atoms with Crippen LogP contribution in [0.4, 0.5) is 0 Å². The summed E-state index contributed by atoms with van der Waals surface area (Å²) in [7, 11) is 2.02. The molecule has 1 aromatic carbocycles. The first-order valence-electron chi connectivity index (χ1n) is 6.95. The van der Waals surface area contributed by atoms with Gasteiger partial charge in [0.1, 0.15) is 0 Å². The summed E-state index contributed by atoms with van der Waals surface area (Å²) in [5.74, 6) is 0.572. The molecule has 4 nitrogen and oxygen atoms in total. The first-order valence-corrected chi connectivity index (χ1v) is 6.95. The van der Waals surface area contributed by atoms with Crippen molar-refractivity contribution in [3.8, 4) is 0 Å². The smallest absolute Gasteiger partial charge is 0.0955 e. The molecule has 2 rings (SSSR count). The number of imidazole rings is 1. The minimum Gasteiger partial charge on any atom is -0.334 e. The Hall–Kier alpha value is -1.39. The minimum absolute atomic E-state index is 0.401. The summed E-state index contributed by atoms with van der Waals surface area (Å²) in [6, 6.07) is 6.89. The molecular formula is C15H24N4. The molecule has 4 heteroatoms. The van der Waals surface area contributed by atoms with E-state index in [-0.39, 0.29) is 0 Å². The second-order valence-corrected chi connectivity index (χ2v) is 5.47. The van der Waals surface area contributed by atoms with Crippen molar-refractivity contribution in [1.82, 2.24) is 14.9 Å². The minimum atomic E-state index is 0.401. The molecule has 0 aliphatic rings. The lowest BCUT2D eigenvalue weighted by Gasteiger charge is -2.20. The lowest BCUT2D eigenvalue weighted by molar-refractivity contribution is 0.409. The summed E-state index contributed by atoms with van der Waals surface area (Å²) >= 11 is 0. The summed E-state index contributed by atoms with van der Waals surface area (Å²) < 4.78 is 2.04. The van der Waals surface area contributed by atoms with Gasteiger partial charge in [0.05, 0.1) is 17.4 Å². The Kier molecular flexibility index (Phi) is 4.56. The Morgan fingerprint density at radius 3 is 2.84 bits per heavy atom. The summed E-state index contributed by atoms with van der Waals surface area (Å²) in [4.78, 5) is 4.39. The molecule has 0 amide bonds. The second-order valence-electron chi connectivity index (χ2n) is 5.47. The average molecular weight is 260 g/mol. The third-order valence-corrected chi connectivity index (χ3v) is 3.67. The number of nitrogens with one attached hydrogen (secondary N) is 1. The third-order valence-electron chi connectivity index (χ3n) is 3.67. The van der Waals surface area contributed by atoms with Crippen molar-refractivity contribution >= 4 is 11.0 Å². The molecule has 1 unspecified atom stereocenters. The highest BCUT2D eigenvalue weighted by atomic mass is 15.0. The number of nitrogens with two attached hydrogens (primary N) is 1. The largest absolute Gasteiger partial charge is 0.334 e. The number of rotatable bonds is 6. The van der Waals surface area contributed by atoms with Gasteiger partial charge in [-0.15, -0.1) is 0 Å². The van der Waals surface area contributed by atoms with E-state index in [1.54, 1.807) is 0 Å². The zero-order valence-electron chi connectivity index (χ0n) is 12.1. The molecule has 3 N–H and O–H groups in total. The fourth-order valence-electron chi connectivity index (χ4n) is 2.33. The van der Waals surface area contributed by atoms with E-state index >= 15 is 0 Å². The van der Waals surface area contributed by atoms with Crippen molar-refractivity contribution in [2.75, 3.05) is 13.1 Å². The van der Waals surface area contributed by atoms with Crippen LogP contribution >= 0.6 is 0 Å². The molecule has 1 heterocycles. The normalized spacial score (nSPS) is 13.3. The quantitative estimate of drug-likeness (QED) is 0.831. The monoisotopic (exact) mass is 260 g/mol. The Morgan fingerprint density at radius 1 is 1.37 bits per heavy atom. The Bertz CT molecular complexity index is 530. The van der Waals surface area contributed by atoms with Gasteiger partial charge in [0.15, 0.2) is 0 Å². The molecular weight excluding hydrogens is 236 g/mol. The van der Waals surface area contributed by atoms with Crippen molar-refractivity contribution < 1.29 is 0 Å². The predicted molar refractivity (Wildman–Crippen MR) is 80.1 cm³/mol. The molecule has 0 fully saturated rings. The van der Waals surface area contributed by atoms with Crippen LogP contribution in [-0.2, 0) is 13.5 Å². The van der Waals surface area contributed by atoms with Gasteiger partial charge in [0, 0.05) is 19.6 Å². The molecule has 0 saturated carbocycles. The summed E-state index contributed by atoms with van der Waals surface area (Å²) in [6.45, 7) is 6.05. The van der Waals surface area contributed by atoms with Crippen LogP contribution in [0.15, 0.2) is 24.5 Å². The van der Waals surface area contributed by atoms with Crippen molar-refractivity contribution in [3.63, 3.8) is 0 Å². The number of hydrogen-bond donors (Lipinski definition) is 2. The van der Waals surface area contributed by atoms with E-state index in [9.17, 15) is 0 Å². The van der Waals surface area contributed by atoms with Gasteiger partial charge < -0.3 is 15.6 Å². The highest BCUT2D eigenvalue weighted by Crippen LogP contribution is 2.14. The first-order chi connectivity index (χ1) is 9.11. The average Bonchev–Trinajstić information content (AvgIpc) is 2.75. The highest BCUT2D eigenvalue weighted by Gasteiger charge is 2.09. The van der Waals surface area contributed by atoms with Gasteiger partial charge in [-0.25, -0.2) is 4.98 Å². The zero-order valence-corrected chi connectivity index (χ0v) is 12.1. The van der Waals surface area contributed by atoms with E-state index in [2.05, 4.69) is 42.3 Å². The first kappa shape index (κ1) is 14.0. The number of hydrogen-bond acceptors (Lipinski definition) is 3. The van der Waals surface area contributed by atoms with Gasteiger partial charge in [-0.1, -0.05) is 19.9 Å². The van der Waals surface area contributed by atoms with E-state index in [1.165, 1.54) is 11.1 Å². The Labute approximate surface area is 115 Å². The van der Waals surface area contributed by atoms with Gasteiger partial charge in [-0.3, -0.25) is 0 Å². The van der Waals surface area contributed by atoms with Crippen molar-refractivity contribution in [3.05, 3.63) is 30.1 Å². The highest BCUT2D eigenvalue weighted by molar-refractivity contribution is 5.75. The fourth-order valence-corrected chi connectivity index (χ4v) is 2.33. The second kappa shape index (κ2) is 6.17. The molecule has 2 aromatic rings. The van der Waals surface area contributed by atoms with E-state index in [4.69, 9.17) is 5.73 Å². The van der Waals surface area contributed by atoms with Gasteiger partial charge in [0.25, 0.3) is 0 Å². The number of aryl methyl sites for hydroxylation is 1. The topological polar surface area (TPSA) is 55.9 Å². The molecule has 1 atom stereocenters. The van der Waals surface area contributed by atoms with Gasteiger partial charge in [-0.05, 0) is 36.6 Å². The van der Waals surface area contributed by atoms with Gasteiger partial charge >= 0.3 is 0 Å². The van der Waals surface area contributed by atoms with Crippen LogP contribution in [0.1, 0.15) is 19.4 Å². The van der Waals surface area contributed by atoms with Crippen molar-refractivity contribution in [2.24, 2.45) is 18.7 Å². The lowest BCUT2D eigenvalue weighted by Crippen LogP contribution is -2.41. The van der Waals surface area contributed by atoms with Crippen LogP contribution in [0.2, 0.25) is 0 Å². The lowest BCUT2D eigenvalue weighted by atomic mass is 10.0.